The molecule has 0 aliphatic carbocycles. The Balaban J connectivity index is 1.06. The summed E-state index contributed by atoms with van der Waals surface area (Å²) in [6.45, 7) is 0. The Morgan fingerprint density at radius 2 is 1.12 bits per heavy atom. The molecule has 0 amide bonds. The highest BCUT2D eigenvalue weighted by Gasteiger charge is 2.26. The van der Waals surface area contributed by atoms with Crippen molar-refractivity contribution in [2.75, 3.05) is 0 Å². The second kappa shape index (κ2) is 12.7. The van der Waals surface area contributed by atoms with Crippen LogP contribution in [0.3, 0.4) is 0 Å². The van der Waals surface area contributed by atoms with Crippen LogP contribution in [0.15, 0.2) is 209 Å². The summed E-state index contributed by atoms with van der Waals surface area (Å²) in [6.07, 6.45) is -0.419. The van der Waals surface area contributed by atoms with Crippen LogP contribution in [0.4, 0.5) is 0 Å². The van der Waals surface area contributed by atoms with Crippen molar-refractivity contribution in [3.63, 3.8) is 0 Å². The lowest BCUT2D eigenvalue weighted by molar-refractivity contribution is 0.660. The van der Waals surface area contributed by atoms with Gasteiger partial charge in [0.25, 0.3) is 0 Å². The predicted octanol–water partition coefficient (Wildman–Crippen LogP) is 13.8. The predicted molar refractivity (Wildman–Crippen MR) is 250 cm³/mol. The van der Waals surface area contributed by atoms with Crippen LogP contribution in [0.2, 0.25) is 0 Å². The number of nitrogens with zero attached hydrogens (tertiary/aromatic N) is 3. The largest absolute Gasteiger partial charge is 0.455 e. The second-order valence-electron chi connectivity index (χ2n) is 15.8. The highest BCUT2D eigenvalue weighted by molar-refractivity contribution is 6.21. The second-order valence-corrected chi connectivity index (χ2v) is 15.8. The molecule has 280 valence electrons. The van der Waals surface area contributed by atoms with Gasteiger partial charge in [-0.25, -0.2) is 9.98 Å². The van der Waals surface area contributed by atoms with Crippen molar-refractivity contribution in [3.05, 3.63) is 211 Å². The van der Waals surface area contributed by atoms with Gasteiger partial charge in [-0.1, -0.05) is 146 Å². The number of hydrogen-bond acceptors (Lipinski definition) is 4. The number of aliphatic imine (C=N–C) groups is 2. The van der Waals surface area contributed by atoms with Crippen LogP contribution in [-0.2, 0) is 0 Å². The van der Waals surface area contributed by atoms with E-state index < -0.39 is 6.17 Å². The van der Waals surface area contributed by atoms with E-state index in [0.717, 1.165) is 60.7 Å². The molecule has 0 spiro atoms. The summed E-state index contributed by atoms with van der Waals surface area (Å²) in [4.78, 5) is 10.8. The third kappa shape index (κ3) is 5.06. The highest BCUT2D eigenvalue weighted by Crippen LogP contribution is 2.39. The van der Waals surface area contributed by atoms with Crippen LogP contribution < -0.4 is 5.32 Å². The standard InChI is InChI=1S/C55H34N4O/c1-2-13-35-27-39(24-21-33(35)11-1)53-56-54(40-25-26-43-38(28-40)23-22-34-12-5-6-16-42(34)43)58-55(57-53)48-32-41(31-47-45-18-8-10-20-51(45)60-52(47)48)59-49-19-9-7-17-44(49)46-29-36-14-3-4-15-37(36)30-50(46)59/h1-32,54H,(H,56,57,58). The number of rotatable bonds is 4. The SMILES string of the molecule is c1ccc2cc(C3=NC(c4ccc5c(ccc6ccccc65)c4)NC(c4cc(-n5c6ccccc6c6cc7ccccc7cc65)cc5c4oc4ccccc45)=N3)ccc2c1. The molecule has 1 aliphatic rings. The summed E-state index contributed by atoms with van der Waals surface area (Å²) >= 11 is 0. The Hall–Kier alpha value is -8.02. The normalized spacial score (nSPS) is 14.5. The zero-order valence-corrected chi connectivity index (χ0v) is 32.3. The minimum Gasteiger partial charge on any atom is -0.455 e. The van der Waals surface area contributed by atoms with Crippen LogP contribution in [-0.4, -0.2) is 16.2 Å². The van der Waals surface area contributed by atoms with Gasteiger partial charge < -0.3 is 14.3 Å². The molecule has 1 unspecified atom stereocenters. The summed E-state index contributed by atoms with van der Waals surface area (Å²) in [7, 11) is 0. The number of fused-ring (bicyclic) bond motifs is 11. The molecular weight excluding hydrogens is 733 g/mol. The number of aromatic nitrogens is 1. The van der Waals surface area contributed by atoms with Gasteiger partial charge in [-0.15, -0.1) is 0 Å². The van der Waals surface area contributed by atoms with E-state index >= 15 is 0 Å². The third-order valence-electron chi connectivity index (χ3n) is 12.4. The molecule has 0 fully saturated rings. The average Bonchev–Trinajstić information content (AvgIpc) is 3.85. The first-order chi connectivity index (χ1) is 29.7. The van der Waals surface area contributed by atoms with Gasteiger partial charge in [0.2, 0.25) is 0 Å². The van der Waals surface area contributed by atoms with E-state index in [4.69, 9.17) is 14.4 Å². The van der Waals surface area contributed by atoms with Gasteiger partial charge in [-0.05, 0) is 97.2 Å². The molecule has 60 heavy (non-hydrogen) atoms. The molecule has 10 aromatic carbocycles. The van der Waals surface area contributed by atoms with Gasteiger partial charge in [-0.3, -0.25) is 0 Å². The van der Waals surface area contributed by atoms with Crippen LogP contribution in [0.1, 0.15) is 22.9 Å². The molecule has 1 aliphatic heterocycles. The van der Waals surface area contributed by atoms with Gasteiger partial charge in [0.1, 0.15) is 23.2 Å². The quantitative estimate of drug-likeness (QED) is 0.181. The molecule has 12 aromatic rings. The number of hydrogen-bond donors (Lipinski definition) is 1. The van der Waals surface area contributed by atoms with E-state index in [1.54, 1.807) is 0 Å². The van der Waals surface area contributed by atoms with E-state index in [9.17, 15) is 0 Å². The number of furan rings is 1. The van der Waals surface area contributed by atoms with Crippen molar-refractivity contribution in [1.29, 1.82) is 0 Å². The van der Waals surface area contributed by atoms with Gasteiger partial charge in [0.15, 0.2) is 5.84 Å². The minimum absolute atomic E-state index is 0.419. The highest BCUT2D eigenvalue weighted by atomic mass is 16.3. The molecule has 2 aromatic heterocycles. The van der Waals surface area contributed by atoms with Gasteiger partial charge in [-0.2, -0.15) is 0 Å². The van der Waals surface area contributed by atoms with E-state index in [2.05, 4.69) is 192 Å². The smallest absolute Gasteiger partial charge is 0.159 e. The Labute approximate surface area is 344 Å². The maximum atomic E-state index is 6.81. The van der Waals surface area contributed by atoms with Crippen LogP contribution in [0.5, 0.6) is 0 Å². The van der Waals surface area contributed by atoms with E-state index in [1.165, 1.54) is 48.5 Å². The zero-order chi connectivity index (χ0) is 39.3. The first kappa shape index (κ1) is 33.0. The topological polar surface area (TPSA) is 54.8 Å². The number of amidine groups is 2. The number of para-hydroxylation sites is 2. The molecule has 1 N–H and O–H groups in total. The van der Waals surface area contributed by atoms with Crippen molar-refractivity contribution in [3.8, 4) is 5.69 Å². The summed E-state index contributed by atoms with van der Waals surface area (Å²) in [5.41, 5.74) is 7.80. The molecule has 1 atom stereocenters. The summed E-state index contributed by atoms with van der Waals surface area (Å²) in [5.74, 6) is 1.37. The first-order valence-electron chi connectivity index (χ1n) is 20.4. The molecule has 3 heterocycles. The van der Waals surface area contributed by atoms with Crippen molar-refractivity contribution in [2.45, 2.75) is 6.17 Å². The zero-order valence-electron chi connectivity index (χ0n) is 32.3. The van der Waals surface area contributed by atoms with Gasteiger partial charge >= 0.3 is 0 Å². The summed E-state index contributed by atoms with van der Waals surface area (Å²) in [5, 5.41) is 17.9. The van der Waals surface area contributed by atoms with Crippen LogP contribution in [0.25, 0.3) is 92.5 Å². The monoisotopic (exact) mass is 766 g/mol. The lowest BCUT2D eigenvalue weighted by Crippen LogP contribution is -2.33. The lowest BCUT2D eigenvalue weighted by Gasteiger charge is -2.24. The Kier molecular flexibility index (Phi) is 7.01. The molecule has 13 rings (SSSR count). The fourth-order valence-electron chi connectivity index (χ4n) is 9.47. The Morgan fingerprint density at radius 1 is 0.450 bits per heavy atom. The maximum Gasteiger partial charge on any atom is 0.159 e. The number of nitrogens with one attached hydrogen (secondary N) is 1. The maximum absolute atomic E-state index is 6.81. The van der Waals surface area contributed by atoms with Crippen molar-refractivity contribution in [2.24, 2.45) is 9.98 Å². The van der Waals surface area contributed by atoms with E-state index in [0.29, 0.717) is 11.7 Å². The summed E-state index contributed by atoms with van der Waals surface area (Å²) in [6, 6.07) is 69.4. The Bertz CT molecular complexity index is 3830. The van der Waals surface area contributed by atoms with Crippen molar-refractivity contribution < 1.29 is 4.42 Å². The van der Waals surface area contributed by atoms with Crippen molar-refractivity contribution in [1.82, 2.24) is 9.88 Å². The summed E-state index contributed by atoms with van der Waals surface area (Å²) < 4.78 is 9.21. The molecule has 0 radical (unpaired) electrons. The minimum atomic E-state index is -0.419. The van der Waals surface area contributed by atoms with Gasteiger partial charge in [0.05, 0.1) is 16.6 Å². The number of benzene rings is 10. The van der Waals surface area contributed by atoms with E-state index in [-0.39, 0.29) is 0 Å². The average molecular weight is 767 g/mol. The first-order valence-corrected chi connectivity index (χ1v) is 20.4. The lowest BCUT2D eigenvalue weighted by atomic mass is 9.99. The molecular formula is C55H34N4O. The van der Waals surface area contributed by atoms with Crippen LogP contribution in [0, 0.1) is 0 Å². The van der Waals surface area contributed by atoms with E-state index in [1.807, 2.05) is 12.1 Å². The molecule has 0 saturated heterocycles. The fourth-order valence-corrected chi connectivity index (χ4v) is 9.47. The molecule has 0 saturated carbocycles. The van der Waals surface area contributed by atoms with Crippen LogP contribution >= 0.6 is 0 Å². The Morgan fingerprint density at radius 3 is 1.98 bits per heavy atom. The molecule has 5 nitrogen and oxygen atoms in total. The molecule has 5 heteroatoms. The van der Waals surface area contributed by atoms with Gasteiger partial charge in [0, 0.05) is 32.8 Å². The third-order valence-corrected chi connectivity index (χ3v) is 12.4. The van der Waals surface area contributed by atoms with Crippen molar-refractivity contribution >= 4 is 98.5 Å². The molecule has 0 bridgehead atoms. The fraction of sp³-hybridized carbons (Fsp3) is 0.0182.